The second-order valence-corrected chi connectivity index (χ2v) is 1.46. The molecule has 0 atom stereocenters. The van der Waals surface area contributed by atoms with E-state index in [1.807, 2.05) is 0 Å². The van der Waals surface area contributed by atoms with Crippen LogP contribution in [0.5, 0.6) is 0 Å². The summed E-state index contributed by atoms with van der Waals surface area (Å²) in [6.07, 6.45) is 3.95. The number of nitrogens with zero attached hydrogens (tertiary/aromatic N) is 2. The Hall–Kier alpha value is -1.12. The van der Waals surface area contributed by atoms with Crippen molar-refractivity contribution in [2.45, 2.75) is 6.92 Å². The van der Waals surface area contributed by atoms with Gasteiger partial charge in [0, 0.05) is 5.57 Å². The molecule has 0 aromatic carbocycles. The molecule has 0 aliphatic carbocycles. The first-order valence-electron chi connectivity index (χ1n) is 2.18. The zero-order valence-electron chi connectivity index (χ0n) is 4.38. The van der Waals surface area contributed by atoms with E-state index in [2.05, 4.69) is 16.7 Å². The van der Waals surface area contributed by atoms with E-state index in [0.717, 1.165) is 0 Å². The molecule has 1 aliphatic heterocycles. The van der Waals surface area contributed by atoms with Gasteiger partial charge in [-0.1, -0.05) is 0 Å². The van der Waals surface area contributed by atoms with Gasteiger partial charge in [-0.3, -0.25) is 4.79 Å². The summed E-state index contributed by atoms with van der Waals surface area (Å²) < 4.78 is 0. The van der Waals surface area contributed by atoms with Crippen molar-refractivity contribution in [3.05, 3.63) is 11.6 Å². The Balaban J connectivity index is 2.80. The largest absolute Gasteiger partial charge is 0.291 e. The van der Waals surface area contributed by atoms with Gasteiger partial charge < -0.3 is 0 Å². The Bertz CT molecular complexity index is 169. The molecule has 0 saturated carbocycles. The van der Waals surface area contributed by atoms with E-state index in [-0.39, 0.29) is 5.91 Å². The smallest absolute Gasteiger partial charge is 0.265 e. The summed E-state index contributed by atoms with van der Waals surface area (Å²) >= 11 is 0. The van der Waals surface area contributed by atoms with Crippen molar-refractivity contribution in [2.75, 3.05) is 0 Å². The number of carbonyl (C=O) groups is 1. The van der Waals surface area contributed by atoms with Crippen molar-refractivity contribution in [2.24, 2.45) is 5.10 Å². The molecule has 1 heterocycles. The maximum absolute atomic E-state index is 10.4. The molecule has 0 saturated heterocycles. The van der Waals surface area contributed by atoms with Crippen LogP contribution in [-0.4, -0.2) is 12.1 Å². The Morgan fingerprint density at radius 1 is 1.75 bits per heavy atom. The molecule has 0 unspecified atom stereocenters. The molecule has 0 aromatic rings. The predicted molar refractivity (Wildman–Crippen MR) is 28.3 cm³/mol. The fourth-order valence-electron chi connectivity index (χ4n) is 0.341. The van der Waals surface area contributed by atoms with E-state index >= 15 is 0 Å². The lowest BCUT2D eigenvalue weighted by Gasteiger charge is -1.96. The quantitative estimate of drug-likeness (QED) is 0.428. The summed E-state index contributed by atoms with van der Waals surface area (Å²) in [5.41, 5.74) is 3.80. The molecule has 1 aliphatic rings. The highest BCUT2D eigenvalue weighted by Gasteiger charge is 2.05. The van der Waals surface area contributed by atoms with Gasteiger partial charge in [-0.2, -0.15) is 0 Å². The van der Waals surface area contributed by atoms with E-state index < -0.39 is 0 Å². The Kier molecular flexibility index (Phi) is 1.12. The van der Waals surface area contributed by atoms with Gasteiger partial charge in [0.1, 0.15) is 6.21 Å². The monoisotopic (exact) mass is 108 g/mol. The lowest BCUT2D eigenvalue weighted by Crippen LogP contribution is -2.14. The number of hydrogen-bond acceptors (Lipinski definition) is 2. The molecule has 40 valence electrons. The molecular formula is C5H4N2O. The number of amides is 1. The predicted octanol–water partition coefficient (Wildman–Crippen LogP) is -0.0599. The number of carbonyl (C=O) groups excluding carboxylic acids is 1. The molecule has 2 radical (unpaired) electrons. The summed E-state index contributed by atoms with van der Waals surface area (Å²) in [6, 6.07) is 0. The van der Waals surface area contributed by atoms with Crippen molar-refractivity contribution in [3.63, 3.8) is 0 Å². The van der Waals surface area contributed by atoms with Crippen LogP contribution in [0.4, 0.5) is 0 Å². The highest BCUT2D eigenvalue weighted by Crippen LogP contribution is 1.94. The van der Waals surface area contributed by atoms with Crippen LogP contribution in [0.1, 0.15) is 6.92 Å². The molecule has 0 bridgehead atoms. The van der Waals surface area contributed by atoms with Gasteiger partial charge >= 0.3 is 0 Å². The standard InChI is InChI=1S/C5H4N2O/c1-4-2-3-6-7-5(4)8/h2H,1H3. The minimum atomic E-state index is -0.274. The fourth-order valence-corrected chi connectivity index (χ4v) is 0.341. The summed E-state index contributed by atoms with van der Waals surface area (Å²) in [4.78, 5) is 10.4. The summed E-state index contributed by atoms with van der Waals surface area (Å²) in [5.74, 6) is -0.274. The van der Waals surface area contributed by atoms with Crippen LogP contribution < -0.4 is 5.43 Å². The van der Waals surface area contributed by atoms with Crippen LogP contribution in [0, 0.1) is 0 Å². The van der Waals surface area contributed by atoms with E-state index in [4.69, 9.17) is 0 Å². The fraction of sp³-hybridized carbons (Fsp3) is 0.200. The zero-order chi connectivity index (χ0) is 5.98. The third-order valence-corrected chi connectivity index (χ3v) is 0.817. The molecule has 3 nitrogen and oxygen atoms in total. The van der Waals surface area contributed by atoms with E-state index in [9.17, 15) is 4.79 Å². The topological polar surface area (TPSA) is 43.5 Å². The van der Waals surface area contributed by atoms with Crippen molar-refractivity contribution in [3.8, 4) is 0 Å². The molecule has 0 N–H and O–H groups in total. The minimum Gasteiger partial charge on any atom is -0.265 e. The summed E-state index contributed by atoms with van der Waals surface area (Å²) in [7, 11) is 0. The lowest BCUT2D eigenvalue weighted by molar-refractivity contribution is -0.117. The molecule has 3 heteroatoms. The molecule has 8 heavy (non-hydrogen) atoms. The van der Waals surface area contributed by atoms with Gasteiger partial charge in [-0.05, 0) is 13.0 Å². The zero-order valence-corrected chi connectivity index (χ0v) is 4.38. The third-order valence-electron chi connectivity index (χ3n) is 0.817. The van der Waals surface area contributed by atoms with Gasteiger partial charge in [0.15, 0.2) is 0 Å². The lowest BCUT2D eigenvalue weighted by atomic mass is 10.3. The molecule has 1 amide bonds. The van der Waals surface area contributed by atoms with Gasteiger partial charge in [-0.15, -0.1) is 10.5 Å². The normalized spacial score (nSPS) is 17.6. The number of allylic oxidation sites excluding steroid dienone is 1. The van der Waals surface area contributed by atoms with Crippen LogP contribution in [0.3, 0.4) is 0 Å². The first-order chi connectivity index (χ1) is 3.80. The highest BCUT2D eigenvalue weighted by atomic mass is 16.2. The SMILES string of the molecule is CC1=C[C]=N[N]C1=O. The molecular weight excluding hydrogens is 104 g/mol. The molecule has 0 aromatic heterocycles. The molecule has 1 rings (SSSR count). The average molecular weight is 108 g/mol. The second-order valence-electron chi connectivity index (χ2n) is 1.46. The van der Waals surface area contributed by atoms with Crippen LogP contribution in [-0.2, 0) is 4.79 Å². The first-order valence-corrected chi connectivity index (χ1v) is 2.18. The van der Waals surface area contributed by atoms with E-state index in [1.165, 1.54) is 6.08 Å². The third kappa shape index (κ3) is 0.753. The number of rotatable bonds is 0. The van der Waals surface area contributed by atoms with Crippen LogP contribution in [0.15, 0.2) is 16.8 Å². The van der Waals surface area contributed by atoms with Gasteiger partial charge in [0.2, 0.25) is 0 Å². The molecule has 0 fully saturated rings. The average Bonchev–Trinajstić information content (AvgIpc) is 1.77. The van der Waals surface area contributed by atoms with Crippen molar-refractivity contribution in [1.29, 1.82) is 0 Å². The van der Waals surface area contributed by atoms with Crippen LogP contribution >= 0.6 is 0 Å². The van der Waals surface area contributed by atoms with Gasteiger partial charge in [0.25, 0.3) is 5.91 Å². The maximum Gasteiger partial charge on any atom is 0.291 e. The van der Waals surface area contributed by atoms with Crippen molar-refractivity contribution < 1.29 is 4.79 Å². The Morgan fingerprint density at radius 2 is 2.50 bits per heavy atom. The Morgan fingerprint density at radius 3 is 2.88 bits per heavy atom. The van der Waals surface area contributed by atoms with Crippen molar-refractivity contribution >= 4 is 12.1 Å². The number of hydrogen-bond donors (Lipinski definition) is 0. The highest BCUT2D eigenvalue weighted by molar-refractivity contribution is 5.99. The molecule has 0 spiro atoms. The first kappa shape index (κ1) is 5.03. The summed E-state index contributed by atoms with van der Waals surface area (Å²) in [5, 5.41) is 3.26. The van der Waals surface area contributed by atoms with E-state index in [0.29, 0.717) is 5.57 Å². The van der Waals surface area contributed by atoms with E-state index in [1.54, 1.807) is 6.92 Å². The van der Waals surface area contributed by atoms with Crippen molar-refractivity contribution in [1.82, 2.24) is 5.43 Å². The van der Waals surface area contributed by atoms with Crippen LogP contribution in [0.25, 0.3) is 0 Å². The Labute approximate surface area is 47.1 Å². The minimum absolute atomic E-state index is 0.274. The van der Waals surface area contributed by atoms with Gasteiger partial charge in [0.05, 0.1) is 0 Å². The summed E-state index contributed by atoms with van der Waals surface area (Å²) in [6.45, 7) is 1.67. The van der Waals surface area contributed by atoms with Crippen LogP contribution in [0.2, 0.25) is 0 Å². The second kappa shape index (κ2) is 1.78. The maximum atomic E-state index is 10.4. The van der Waals surface area contributed by atoms with Gasteiger partial charge in [-0.25, -0.2) is 0 Å².